The number of carbonyl (C=O) groups is 1. The van der Waals surface area contributed by atoms with Gasteiger partial charge in [-0.2, -0.15) is 0 Å². The fourth-order valence-electron chi connectivity index (χ4n) is 4.83. The number of hydrogen-bond acceptors (Lipinski definition) is 4. The number of aryl methyl sites for hydroxylation is 2. The van der Waals surface area contributed by atoms with E-state index >= 15 is 0 Å². The summed E-state index contributed by atoms with van der Waals surface area (Å²) in [4.78, 5) is 13.0. The second-order valence-electron chi connectivity index (χ2n) is 10.9. The number of phenolic OH excluding ortho intramolecular Hbond substituents is 1. The summed E-state index contributed by atoms with van der Waals surface area (Å²) < 4.78 is 6.06. The molecule has 37 heavy (non-hydrogen) atoms. The first kappa shape index (κ1) is 27.9. The topological polar surface area (TPSA) is 46.5 Å². The molecule has 196 valence electrons. The Kier molecular flexibility index (Phi) is 8.83. The van der Waals surface area contributed by atoms with Crippen LogP contribution in [0.4, 0.5) is 0 Å². The van der Waals surface area contributed by atoms with Crippen molar-refractivity contribution >= 4 is 40.9 Å². The monoisotopic (exact) mass is 556 g/mol. The highest BCUT2D eigenvalue weighted by Gasteiger charge is 2.33. The van der Waals surface area contributed by atoms with Crippen LogP contribution in [0, 0.1) is 6.92 Å². The van der Waals surface area contributed by atoms with Crippen LogP contribution in [0.1, 0.15) is 78.4 Å². The summed E-state index contributed by atoms with van der Waals surface area (Å²) >= 11 is 14.1. The van der Waals surface area contributed by atoms with Crippen LogP contribution in [0.25, 0.3) is 0 Å². The number of hydrogen-bond donors (Lipinski definition) is 1. The maximum atomic E-state index is 13.0. The van der Waals surface area contributed by atoms with Gasteiger partial charge in [0.05, 0.1) is 0 Å². The lowest BCUT2D eigenvalue weighted by molar-refractivity contribution is -0.149. The number of aromatic hydroxyl groups is 1. The summed E-state index contributed by atoms with van der Waals surface area (Å²) in [7, 11) is 0. The Morgan fingerprint density at radius 1 is 0.946 bits per heavy atom. The van der Waals surface area contributed by atoms with E-state index in [9.17, 15) is 9.90 Å². The van der Waals surface area contributed by atoms with Crippen molar-refractivity contribution in [2.24, 2.45) is 0 Å². The lowest BCUT2D eigenvalue weighted by Gasteiger charge is -2.35. The molecule has 1 heterocycles. The van der Waals surface area contributed by atoms with Gasteiger partial charge in [-0.3, -0.25) is 4.79 Å². The Balaban J connectivity index is 1.46. The van der Waals surface area contributed by atoms with Gasteiger partial charge in [0.1, 0.15) is 11.9 Å². The number of thioether (sulfide) groups is 1. The van der Waals surface area contributed by atoms with Gasteiger partial charge in [0, 0.05) is 39.8 Å². The van der Waals surface area contributed by atoms with E-state index in [4.69, 9.17) is 27.9 Å². The van der Waals surface area contributed by atoms with Crippen molar-refractivity contribution in [1.29, 1.82) is 0 Å². The summed E-state index contributed by atoms with van der Waals surface area (Å²) in [5.74, 6) is 0.143. The summed E-state index contributed by atoms with van der Waals surface area (Å²) in [5, 5.41) is 12.3. The first-order chi connectivity index (χ1) is 17.5. The van der Waals surface area contributed by atoms with Gasteiger partial charge in [-0.1, -0.05) is 80.4 Å². The normalized spacial score (nSPS) is 20.0. The molecule has 0 aliphatic carbocycles. The number of rotatable bonds is 6. The fraction of sp³-hybridized carbons (Fsp3) is 0.387. The van der Waals surface area contributed by atoms with Crippen LogP contribution in [0.15, 0.2) is 60.7 Å². The summed E-state index contributed by atoms with van der Waals surface area (Å²) in [6.07, 6.45) is 2.21. The molecule has 2 unspecified atom stereocenters. The smallest absolute Gasteiger partial charge is 0.306 e. The number of ether oxygens (including phenoxy) is 1. The molecule has 2 atom stereocenters. The minimum absolute atomic E-state index is 0.179. The molecule has 4 rings (SSSR count). The summed E-state index contributed by atoms with van der Waals surface area (Å²) in [5.41, 5.74) is 4.95. The number of phenols is 1. The third kappa shape index (κ3) is 7.25. The molecular weight excluding hydrogens is 523 g/mol. The molecule has 0 spiro atoms. The van der Waals surface area contributed by atoms with E-state index in [1.807, 2.05) is 55.1 Å². The van der Waals surface area contributed by atoms with Crippen LogP contribution >= 0.6 is 35.0 Å². The van der Waals surface area contributed by atoms with E-state index < -0.39 is 0 Å². The second kappa shape index (κ2) is 11.7. The van der Waals surface area contributed by atoms with Gasteiger partial charge in [-0.15, -0.1) is 11.8 Å². The molecule has 1 fully saturated rings. The zero-order chi connectivity index (χ0) is 26.7. The van der Waals surface area contributed by atoms with Crippen molar-refractivity contribution in [3.8, 4) is 5.75 Å². The standard InChI is InChI=1S/C31H34Cl2O3S/c1-19-15-20(16-26(30(19)35)31(2,3)4)5-14-29(34)36-25-17-27(21-6-10-23(32)11-7-21)37-28(18-25)22-8-12-24(33)13-9-22/h6-13,15-16,25,27-28,35H,5,14,17-18H2,1-4H3. The minimum Gasteiger partial charge on any atom is -0.507 e. The molecule has 0 radical (unpaired) electrons. The molecule has 1 aliphatic rings. The zero-order valence-electron chi connectivity index (χ0n) is 21.8. The third-order valence-corrected chi connectivity index (χ3v) is 8.94. The minimum atomic E-state index is -0.190. The van der Waals surface area contributed by atoms with Gasteiger partial charge in [-0.05, 0) is 70.8 Å². The molecule has 3 aromatic rings. The van der Waals surface area contributed by atoms with Crippen molar-refractivity contribution in [3.05, 3.63) is 98.5 Å². The van der Waals surface area contributed by atoms with Gasteiger partial charge >= 0.3 is 5.97 Å². The first-order valence-electron chi connectivity index (χ1n) is 12.7. The van der Waals surface area contributed by atoms with Crippen LogP contribution in [0.2, 0.25) is 10.0 Å². The zero-order valence-corrected chi connectivity index (χ0v) is 24.1. The van der Waals surface area contributed by atoms with Crippen molar-refractivity contribution < 1.29 is 14.6 Å². The van der Waals surface area contributed by atoms with E-state index in [2.05, 4.69) is 45.0 Å². The van der Waals surface area contributed by atoms with Crippen LogP contribution in [-0.4, -0.2) is 17.2 Å². The Hall–Kier alpha value is -2.14. The Morgan fingerprint density at radius 2 is 1.46 bits per heavy atom. The number of benzene rings is 3. The lowest BCUT2D eigenvalue weighted by atomic mass is 9.83. The van der Waals surface area contributed by atoms with Crippen LogP contribution in [0.5, 0.6) is 5.75 Å². The molecule has 1 aliphatic heterocycles. The summed E-state index contributed by atoms with van der Waals surface area (Å²) in [6, 6.07) is 19.9. The van der Waals surface area contributed by atoms with E-state index in [-0.39, 0.29) is 28.0 Å². The average molecular weight is 558 g/mol. The molecule has 1 saturated heterocycles. The Labute approximate surface area is 234 Å². The van der Waals surface area contributed by atoms with Gasteiger partial charge in [-0.25, -0.2) is 0 Å². The molecule has 0 saturated carbocycles. The van der Waals surface area contributed by atoms with E-state index in [1.54, 1.807) is 0 Å². The van der Waals surface area contributed by atoms with Crippen molar-refractivity contribution in [3.63, 3.8) is 0 Å². The fourth-order valence-corrected chi connectivity index (χ4v) is 6.75. The van der Waals surface area contributed by atoms with Crippen molar-refractivity contribution in [2.45, 2.75) is 75.4 Å². The maximum absolute atomic E-state index is 13.0. The van der Waals surface area contributed by atoms with Crippen LogP contribution in [-0.2, 0) is 21.4 Å². The highest BCUT2D eigenvalue weighted by molar-refractivity contribution is 7.99. The predicted molar refractivity (Wildman–Crippen MR) is 155 cm³/mol. The SMILES string of the molecule is Cc1cc(CCC(=O)OC2CC(c3ccc(Cl)cc3)SC(c3ccc(Cl)cc3)C2)cc(C(C)(C)C)c1O. The lowest BCUT2D eigenvalue weighted by Crippen LogP contribution is -2.26. The highest BCUT2D eigenvalue weighted by atomic mass is 35.5. The molecule has 1 N–H and O–H groups in total. The van der Waals surface area contributed by atoms with Gasteiger partial charge in [0.25, 0.3) is 0 Å². The van der Waals surface area contributed by atoms with E-state index in [0.29, 0.717) is 28.6 Å². The molecular formula is C31H34Cl2O3S. The molecule has 3 nitrogen and oxygen atoms in total. The first-order valence-corrected chi connectivity index (χ1v) is 14.4. The van der Waals surface area contributed by atoms with E-state index in [1.165, 1.54) is 11.1 Å². The largest absolute Gasteiger partial charge is 0.507 e. The number of esters is 1. The predicted octanol–water partition coefficient (Wildman–Crippen LogP) is 9.16. The molecule has 6 heteroatoms. The van der Waals surface area contributed by atoms with Crippen molar-refractivity contribution in [1.82, 2.24) is 0 Å². The molecule has 3 aromatic carbocycles. The van der Waals surface area contributed by atoms with E-state index in [0.717, 1.165) is 29.5 Å². The van der Waals surface area contributed by atoms with Crippen LogP contribution < -0.4 is 0 Å². The quantitative estimate of drug-likeness (QED) is 0.307. The number of carbonyl (C=O) groups excluding carboxylic acids is 1. The van der Waals surface area contributed by atoms with Gasteiger partial charge < -0.3 is 9.84 Å². The third-order valence-electron chi connectivity index (χ3n) is 6.85. The van der Waals surface area contributed by atoms with Crippen molar-refractivity contribution in [2.75, 3.05) is 0 Å². The maximum Gasteiger partial charge on any atom is 0.306 e. The molecule has 0 amide bonds. The Bertz CT molecular complexity index is 1180. The average Bonchev–Trinajstić information content (AvgIpc) is 2.84. The Morgan fingerprint density at radius 3 is 1.95 bits per heavy atom. The number of halogens is 2. The molecule has 0 aromatic heterocycles. The summed E-state index contributed by atoms with van der Waals surface area (Å²) in [6.45, 7) is 8.14. The van der Waals surface area contributed by atoms with Gasteiger partial charge in [0.2, 0.25) is 0 Å². The molecule has 0 bridgehead atoms. The highest BCUT2D eigenvalue weighted by Crippen LogP contribution is 2.51. The van der Waals surface area contributed by atoms with Crippen LogP contribution in [0.3, 0.4) is 0 Å². The second-order valence-corrected chi connectivity index (χ2v) is 13.1. The van der Waals surface area contributed by atoms with Gasteiger partial charge in [0.15, 0.2) is 0 Å².